The van der Waals surface area contributed by atoms with Crippen molar-refractivity contribution in [2.75, 3.05) is 6.61 Å². The first-order valence-electron chi connectivity index (χ1n) is 1.57. The van der Waals surface area contributed by atoms with Gasteiger partial charge in [-0.15, -0.1) is 0 Å². The molecule has 0 atom stereocenters. The predicted octanol–water partition coefficient (Wildman–Crippen LogP) is -4.06. The summed E-state index contributed by atoms with van der Waals surface area (Å²) in [6, 6.07) is 0. The maximum Gasteiger partial charge on any atom is 1.00 e. The molecule has 0 aromatic heterocycles. The molecule has 0 fully saturated rings. The van der Waals surface area contributed by atoms with Crippen LogP contribution < -0.4 is 18.9 Å². The first-order valence-corrected chi connectivity index (χ1v) is 1.57. The summed E-state index contributed by atoms with van der Waals surface area (Å²) in [4.78, 5) is 8.25. The van der Waals surface area contributed by atoms with Crippen molar-refractivity contribution in [1.29, 1.82) is 0 Å². The van der Waals surface area contributed by atoms with Gasteiger partial charge in [0.05, 0.1) is 5.09 Å². The average Bonchev–Trinajstić information content (AvgIpc) is 1.33. The van der Waals surface area contributed by atoms with E-state index < -0.39 is 5.09 Å². The van der Waals surface area contributed by atoms with E-state index >= 15 is 0 Å². The van der Waals surface area contributed by atoms with Gasteiger partial charge in [0, 0.05) is 6.61 Å². The van der Waals surface area contributed by atoms with Crippen LogP contribution in [0.25, 0.3) is 0 Å². The monoisotopic (exact) mass is 133 g/mol. The molecule has 6 nitrogen and oxygen atoms in total. The smallest absolute Gasteiger partial charge is 0.412 e. The molecule has 0 heterocycles. The van der Waals surface area contributed by atoms with Crippen molar-refractivity contribution < 1.29 is 34.5 Å². The number of aliphatic hydroxyl groups is 1. The fourth-order valence-corrected chi connectivity index (χ4v) is 0. The van der Waals surface area contributed by atoms with Gasteiger partial charge in [0.25, 0.3) is 0 Å². The summed E-state index contributed by atoms with van der Waals surface area (Å²) in [5, 5.41) is 22.3. The van der Waals surface area contributed by atoms with E-state index in [9.17, 15) is 0 Å². The summed E-state index contributed by atoms with van der Waals surface area (Å²) < 4.78 is 0. The Morgan fingerprint density at radius 3 is 1.56 bits per heavy atom. The summed E-state index contributed by atoms with van der Waals surface area (Å²) in [5.74, 6) is 0. The van der Waals surface area contributed by atoms with Crippen LogP contribution in [0, 0.1) is 15.3 Å². The fraction of sp³-hybridized carbons (Fsp3) is 1.00. The van der Waals surface area contributed by atoms with Gasteiger partial charge >= 0.3 is 18.9 Å². The van der Waals surface area contributed by atoms with Crippen molar-refractivity contribution in [3.63, 3.8) is 0 Å². The van der Waals surface area contributed by atoms with Gasteiger partial charge in [-0.05, 0) is 6.92 Å². The summed E-state index contributed by atoms with van der Waals surface area (Å²) in [7, 11) is 0. The van der Waals surface area contributed by atoms with Crippen LogP contribution in [0.1, 0.15) is 6.92 Å². The zero-order valence-electron chi connectivity index (χ0n) is 5.33. The van der Waals surface area contributed by atoms with E-state index in [1.165, 1.54) is 0 Å². The van der Waals surface area contributed by atoms with E-state index in [0.29, 0.717) is 0 Å². The van der Waals surface area contributed by atoms with Gasteiger partial charge in [-0.3, -0.25) is 0 Å². The molecule has 0 aliphatic rings. The van der Waals surface area contributed by atoms with E-state index in [-0.39, 0.29) is 30.9 Å². The van der Waals surface area contributed by atoms with Crippen molar-refractivity contribution >= 4 is 0 Å². The second kappa shape index (κ2) is 25.2. The van der Waals surface area contributed by atoms with Crippen LogP contribution in [-0.2, 0) is 0 Å². The average molecular weight is 133 g/mol. The quantitative estimate of drug-likeness (QED) is 0.205. The molecule has 7 heteroatoms. The minimum atomic E-state index is -1.75. The van der Waals surface area contributed by atoms with Crippen LogP contribution in [0.3, 0.4) is 0 Å². The molecular formula is C2H8LiNO5. The van der Waals surface area contributed by atoms with Crippen molar-refractivity contribution in [3.8, 4) is 0 Å². The van der Waals surface area contributed by atoms with Crippen molar-refractivity contribution in [2.24, 2.45) is 0 Å². The fourth-order valence-electron chi connectivity index (χ4n) is 0. The number of hydrogen-bond donors (Lipinski definition) is 1. The van der Waals surface area contributed by atoms with E-state index in [1.54, 1.807) is 6.92 Å². The zero-order valence-corrected chi connectivity index (χ0v) is 5.33. The first-order chi connectivity index (χ1) is 3.15. The third-order valence-electron chi connectivity index (χ3n) is 0. The second-order valence-corrected chi connectivity index (χ2v) is 0.540. The van der Waals surface area contributed by atoms with Gasteiger partial charge in [0.2, 0.25) is 0 Å². The molecule has 0 saturated carbocycles. The molecule has 0 radical (unpaired) electrons. The Morgan fingerprint density at radius 1 is 1.56 bits per heavy atom. The van der Waals surface area contributed by atoms with Crippen molar-refractivity contribution in [2.45, 2.75) is 6.92 Å². The molecule has 0 saturated heterocycles. The van der Waals surface area contributed by atoms with Crippen molar-refractivity contribution in [3.05, 3.63) is 15.3 Å². The zero-order chi connectivity index (χ0) is 6.28. The van der Waals surface area contributed by atoms with Crippen LogP contribution >= 0.6 is 0 Å². The molecule has 52 valence electrons. The number of nitrogens with zero attached hydrogens (tertiary/aromatic N) is 1. The normalized spacial score (nSPS) is 4.67. The molecule has 3 N–H and O–H groups in total. The van der Waals surface area contributed by atoms with E-state index in [2.05, 4.69) is 0 Å². The summed E-state index contributed by atoms with van der Waals surface area (Å²) in [5.41, 5.74) is 0. The molecule has 0 aromatic carbocycles. The van der Waals surface area contributed by atoms with Crippen molar-refractivity contribution in [1.82, 2.24) is 0 Å². The van der Waals surface area contributed by atoms with Gasteiger partial charge in [0.1, 0.15) is 0 Å². The van der Waals surface area contributed by atoms with Crippen LogP contribution in [0.5, 0.6) is 0 Å². The Kier molecular flexibility index (Phi) is 65.3. The maximum atomic E-state index is 8.25. The minimum Gasteiger partial charge on any atom is -0.412 e. The standard InChI is InChI=1S/C2H6O.Li.NO3.H2O/c1-2-3;;2-1(3)4;/h3H,2H2,1H3;;;1H2/q;+1;-1;. The molecule has 0 aliphatic heterocycles. The molecule has 9 heavy (non-hydrogen) atoms. The summed E-state index contributed by atoms with van der Waals surface area (Å²) in [6.45, 7) is 1.93. The molecule has 0 spiro atoms. The summed E-state index contributed by atoms with van der Waals surface area (Å²) in [6.07, 6.45) is 0. The largest absolute Gasteiger partial charge is 1.00 e. The van der Waals surface area contributed by atoms with Crippen LogP contribution in [0.2, 0.25) is 0 Å². The number of hydrogen-bond acceptors (Lipinski definition) is 4. The van der Waals surface area contributed by atoms with Gasteiger partial charge in [-0.25, -0.2) is 0 Å². The van der Waals surface area contributed by atoms with Crippen LogP contribution in [-0.4, -0.2) is 22.3 Å². The van der Waals surface area contributed by atoms with Gasteiger partial charge < -0.3 is 25.9 Å². The van der Waals surface area contributed by atoms with E-state index in [0.717, 1.165) is 0 Å². The molecule has 0 aliphatic carbocycles. The molecular weight excluding hydrogens is 125 g/mol. The maximum absolute atomic E-state index is 8.25. The topological polar surface area (TPSA) is 118 Å². The third kappa shape index (κ3) is 3160. The Balaban J connectivity index is -0.0000000233. The Bertz CT molecular complexity index is 46.2. The van der Waals surface area contributed by atoms with Gasteiger partial charge in [-0.1, -0.05) is 0 Å². The molecule has 0 unspecified atom stereocenters. The SMILES string of the molecule is CCO.O.O=[N+]([O-])[O-].[Li+]. The number of rotatable bonds is 0. The Labute approximate surface area is 64.1 Å². The van der Waals surface area contributed by atoms with E-state index in [1.807, 2.05) is 0 Å². The van der Waals surface area contributed by atoms with Crippen LogP contribution in [0.4, 0.5) is 0 Å². The predicted molar refractivity (Wildman–Crippen MR) is 26.7 cm³/mol. The molecule has 0 aromatic rings. The number of aliphatic hydroxyl groups excluding tert-OH is 1. The molecule has 0 amide bonds. The minimum absolute atomic E-state index is 0. The second-order valence-electron chi connectivity index (χ2n) is 0.540. The Morgan fingerprint density at radius 2 is 1.56 bits per heavy atom. The Hall–Kier alpha value is -0.283. The molecule has 0 rings (SSSR count). The van der Waals surface area contributed by atoms with Crippen LogP contribution in [0.15, 0.2) is 0 Å². The molecule has 0 bridgehead atoms. The van der Waals surface area contributed by atoms with Gasteiger partial charge in [-0.2, -0.15) is 0 Å². The van der Waals surface area contributed by atoms with E-state index in [4.69, 9.17) is 20.4 Å². The first kappa shape index (κ1) is 23.3. The third-order valence-corrected chi connectivity index (χ3v) is 0. The van der Waals surface area contributed by atoms with Gasteiger partial charge in [0.15, 0.2) is 0 Å². The summed E-state index contributed by atoms with van der Waals surface area (Å²) >= 11 is 0.